The van der Waals surface area contributed by atoms with E-state index in [9.17, 15) is 13.5 Å². The highest BCUT2D eigenvalue weighted by atomic mass is 32.2. The zero-order chi connectivity index (χ0) is 18.2. The molecule has 2 aromatic rings. The van der Waals surface area contributed by atoms with Crippen LogP contribution in [-0.4, -0.2) is 40.4 Å². The van der Waals surface area contributed by atoms with Crippen LogP contribution in [0.1, 0.15) is 29.9 Å². The number of nitrogens with zero attached hydrogens (tertiary/aromatic N) is 3. The minimum absolute atomic E-state index is 0.101. The largest absolute Gasteiger partial charge is 0.393 e. The highest BCUT2D eigenvalue weighted by Gasteiger charge is 2.37. The van der Waals surface area contributed by atoms with E-state index in [-0.39, 0.29) is 23.0 Å². The van der Waals surface area contributed by atoms with Gasteiger partial charge in [0.2, 0.25) is 10.0 Å². The van der Waals surface area contributed by atoms with Gasteiger partial charge in [0, 0.05) is 31.4 Å². The van der Waals surface area contributed by atoms with Crippen LogP contribution in [0.15, 0.2) is 29.3 Å². The van der Waals surface area contributed by atoms with E-state index < -0.39 is 10.0 Å². The van der Waals surface area contributed by atoms with Crippen molar-refractivity contribution in [2.45, 2.75) is 50.2 Å². The molecule has 0 saturated heterocycles. The van der Waals surface area contributed by atoms with Crippen molar-refractivity contribution in [2.24, 2.45) is 13.0 Å². The first kappa shape index (κ1) is 18.0. The van der Waals surface area contributed by atoms with E-state index in [1.165, 1.54) is 0 Å². The summed E-state index contributed by atoms with van der Waals surface area (Å²) in [4.78, 5) is 4.54. The van der Waals surface area contributed by atoms with Crippen molar-refractivity contribution in [3.63, 3.8) is 0 Å². The Balaban J connectivity index is 1.86. The number of rotatable bonds is 6. The monoisotopic (exact) mass is 364 g/mol. The highest BCUT2D eigenvalue weighted by molar-refractivity contribution is 7.89. The average molecular weight is 364 g/mol. The van der Waals surface area contributed by atoms with E-state index in [0.717, 1.165) is 5.69 Å². The molecular formula is C17H24N4O3S. The van der Waals surface area contributed by atoms with Crippen LogP contribution < -0.4 is 4.72 Å². The third-order valence-electron chi connectivity index (χ3n) is 4.89. The molecule has 1 aliphatic rings. The SMILES string of the molecule is Cc1nn(C)c(C)c1S(=O)(=O)N[C@H](Cc1ccccn1)C1CC(O)C1. The minimum atomic E-state index is -3.70. The van der Waals surface area contributed by atoms with Crippen LogP contribution in [0.2, 0.25) is 0 Å². The van der Waals surface area contributed by atoms with Gasteiger partial charge in [-0.3, -0.25) is 9.67 Å². The van der Waals surface area contributed by atoms with E-state index >= 15 is 0 Å². The zero-order valence-electron chi connectivity index (χ0n) is 14.7. The summed E-state index contributed by atoms with van der Waals surface area (Å²) in [5, 5.41) is 13.8. The van der Waals surface area contributed by atoms with Crippen molar-refractivity contribution in [1.29, 1.82) is 0 Å². The fourth-order valence-electron chi connectivity index (χ4n) is 3.41. The van der Waals surface area contributed by atoms with Gasteiger partial charge in [-0.1, -0.05) is 6.07 Å². The van der Waals surface area contributed by atoms with Gasteiger partial charge >= 0.3 is 0 Å². The van der Waals surface area contributed by atoms with Gasteiger partial charge < -0.3 is 5.11 Å². The van der Waals surface area contributed by atoms with Crippen molar-refractivity contribution in [3.8, 4) is 0 Å². The second-order valence-corrected chi connectivity index (χ2v) is 8.41. The molecule has 1 aliphatic carbocycles. The van der Waals surface area contributed by atoms with E-state index in [2.05, 4.69) is 14.8 Å². The number of hydrogen-bond donors (Lipinski definition) is 2. The summed E-state index contributed by atoms with van der Waals surface area (Å²) in [6, 6.07) is 5.30. The highest BCUT2D eigenvalue weighted by Crippen LogP contribution is 2.32. The first-order valence-electron chi connectivity index (χ1n) is 8.38. The quantitative estimate of drug-likeness (QED) is 0.800. The van der Waals surface area contributed by atoms with Crippen LogP contribution in [0.5, 0.6) is 0 Å². The molecule has 0 bridgehead atoms. The average Bonchev–Trinajstić information content (AvgIpc) is 2.77. The normalized spacial score (nSPS) is 21.8. The Bertz CT molecular complexity index is 842. The summed E-state index contributed by atoms with van der Waals surface area (Å²) in [6.07, 6.45) is 3.06. The van der Waals surface area contributed by atoms with Crippen molar-refractivity contribution in [2.75, 3.05) is 0 Å². The number of aliphatic hydroxyl groups excluding tert-OH is 1. The molecule has 3 rings (SSSR count). The molecule has 8 heteroatoms. The lowest BCUT2D eigenvalue weighted by molar-refractivity contribution is 0.0282. The zero-order valence-corrected chi connectivity index (χ0v) is 15.5. The maximum atomic E-state index is 13.0. The Labute approximate surface area is 148 Å². The Kier molecular flexibility index (Phi) is 4.95. The molecule has 0 radical (unpaired) electrons. The third kappa shape index (κ3) is 3.75. The second-order valence-electron chi connectivity index (χ2n) is 6.76. The molecule has 0 amide bonds. The molecule has 1 saturated carbocycles. The standard InChI is InChI=1S/C17H24N4O3S/c1-11-17(12(2)21(3)19-11)25(23,24)20-16(13-8-15(22)9-13)10-14-6-4-5-7-18-14/h4-7,13,15-16,20,22H,8-10H2,1-3H3/t13?,15?,16-/m1/s1. The van der Waals surface area contributed by atoms with Crippen LogP contribution in [0, 0.1) is 19.8 Å². The molecule has 2 heterocycles. The van der Waals surface area contributed by atoms with Gasteiger partial charge in [-0.05, 0) is 44.7 Å². The molecule has 0 spiro atoms. The van der Waals surface area contributed by atoms with Crippen LogP contribution in [0.3, 0.4) is 0 Å². The van der Waals surface area contributed by atoms with E-state index in [1.54, 1.807) is 31.8 Å². The Hall–Kier alpha value is -1.77. The number of pyridine rings is 1. The fourth-order valence-corrected chi connectivity index (χ4v) is 5.15. The molecular weight excluding hydrogens is 340 g/mol. The van der Waals surface area contributed by atoms with Gasteiger partial charge in [-0.15, -0.1) is 0 Å². The van der Waals surface area contributed by atoms with E-state index in [1.807, 2.05) is 18.2 Å². The van der Waals surface area contributed by atoms with Gasteiger partial charge in [-0.25, -0.2) is 13.1 Å². The minimum Gasteiger partial charge on any atom is -0.393 e. The molecule has 2 aromatic heterocycles. The fraction of sp³-hybridized carbons (Fsp3) is 0.529. The third-order valence-corrected chi connectivity index (χ3v) is 6.63. The maximum Gasteiger partial charge on any atom is 0.244 e. The summed E-state index contributed by atoms with van der Waals surface area (Å²) in [7, 11) is -1.97. The molecule has 1 atom stereocenters. The van der Waals surface area contributed by atoms with Crippen molar-refractivity contribution >= 4 is 10.0 Å². The molecule has 0 aromatic carbocycles. The summed E-state index contributed by atoms with van der Waals surface area (Å²) in [6.45, 7) is 3.44. The van der Waals surface area contributed by atoms with Crippen molar-refractivity contribution < 1.29 is 13.5 Å². The van der Waals surface area contributed by atoms with Crippen molar-refractivity contribution in [1.82, 2.24) is 19.5 Å². The number of aromatic nitrogens is 3. The van der Waals surface area contributed by atoms with Gasteiger partial charge in [-0.2, -0.15) is 5.10 Å². The number of sulfonamides is 1. The first-order chi connectivity index (χ1) is 11.8. The second kappa shape index (κ2) is 6.86. The number of aryl methyl sites for hydroxylation is 2. The van der Waals surface area contributed by atoms with Crippen LogP contribution in [0.25, 0.3) is 0 Å². The van der Waals surface area contributed by atoms with E-state index in [4.69, 9.17) is 0 Å². The topological polar surface area (TPSA) is 97.1 Å². The van der Waals surface area contributed by atoms with Crippen LogP contribution in [0.4, 0.5) is 0 Å². The molecule has 0 aliphatic heterocycles. The number of aliphatic hydroxyl groups is 1. The lowest BCUT2D eigenvalue weighted by atomic mass is 9.76. The predicted octanol–water partition coefficient (Wildman–Crippen LogP) is 1.09. The molecule has 136 valence electrons. The predicted molar refractivity (Wildman–Crippen MR) is 93.5 cm³/mol. The van der Waals surface area contributed by atoms with Crippen molar-refractivity contribution in [3.05, 3.63) is 41.5 Å². The Morgan fingerprint density at radius 2 is 2.08 bits per heavy atom. The van der Waals surface area contributed by atoms with Crippen LogP contribution >= 0.6 is 0 Å². The van der Waals surface area contributed by atoms with Gasteiger partial charge in [0.25, 0.3) is 0 Å². The number of hydrogen-bond acceptors (Lipinski definition) is 5. The van der Waals surface area contributed by atoms with Gasteiger partial charge in [0.1, 0.15) is 4.90 Å². The molecule has 0 unspecified atom stereocenters. The smallest absolute Gasteiger partial charge is 0.244 e. The summed E-state index contributed by atoms with van der Waals surface area (Å²) in [5.74, 6) is 0.101. The maximum absolute atomic E-state index is 13.0. The molecule has 25 heavy (non-hydrogen) atoms. The number of nitrogens with one attached hydrogen (secondary N) is 1. The van der Waals surface area contributed by atoms with Gasteiger partial charge in [0.05, 0.1) is 17.5 Å². The first-order valence-corrected chi connectivity index (χ1v) is 9.86. The summed E-state index contributed by atoms with van der Waals surface area (Å²) < 4.78 is 30.4. The summed E-state index contributed by atoms with van der Waals surface area (Å²) >= 11 is 0. The van der Waals surface area contributed by atoms with E-state index in [0.29, 0.717) is 30.7 Å². The lowest BCUT2D eigenvalue weighted by Crippen LogP contribution is -2.48. The molecule has 1 fully saturated rings. The Morgan fingerprint density at radius 1 is 1.36 bits per heavy atom. The molecule has 2 N–H and O–H groups in total. The van der Waals surface area contributed by atoms with Crippen LogP contribution in [-0.2, 0) is 23.5 Å². The van der Waals surface area contributed by atoms with Gasteiger partial charge in [0.15, 0.2) is 0 Å². The Morgan fingerprint density at radius 3 is 2.60 bits per heavy atom. The summed E-state index contributed by atoms with van der Waals surface area (Å²) in [5.41, 5.74) is 1.92. The molecule has 7 nitrogen and oxygen atoms in total. The lowest BCUT2D eigenvalue weighted by Gasteiger charge is -2.37.